The highest BCUT2D eigenvalue weighted by Gasteiger charge is 2.21. The molecule has 2 heteroatoms. The first-order chi connectivity index (χ1) is 27.8. The summed E-state index contributed by atoms with van der Waals surface area (Å²) in [5.41, 5.74) is 16.3. The van der Waals surface area contributed by atoms with E-state index in [4.69, 9.17) is 0 Å². The van der Waals surface area contributed by atoms with Gasteiger partial charge < -0.3 is 9.47 Å². The van der Waals surface area contributed by atoms with E-state index in [0.717, 1.165) is 28.3 Å². The van der Waals surface area contributed by atoms with Crippen molar-refractivity contribution in [2.75, 3.05) is 4.90 Å². The van der Waals surface area contributed by atoms with Gasteiger partial charge in [0.1, 0.15) is 0 Å². The van der Waals surface area contributed by atoms with E-state index in [-0.39, 0.29) is 0 Å². The van der Waals surface area contributed by atoms with Crippen molar-refractivity contribution in [3.63, 3.8) is 0 Å². The molecule has 0 saturated heterocycles. The number of benzene rings is 9. The Labute approximate surface area is 327 Å². The SMILES string of the molecule is c1ccc(-c2ccc(-c3ccc(N(c4ccc5c6ccccc6n(-c6ccccc6-c6ccccc6)c5c4)c4ccccc4-c4ccccc4)cc3)cc2)cc1. The lowest BCUT2D eigenvalue weighted by Crippen LogP contribution is -2.11. The maximum atomic E-state index is 2.44. The van der Waals surface area contributed by atoms with Crippen LogP contribution in [0.4, 0.5) is 17.1 Å². The lowest BCUT2D eigenvalue weighted by molar-refractivity contribution is 1.18. The van der Waals surface area contributed by atoms with E-state index >= 15 is 0 Å². The van der Waals surface area contributed by atoms with Gasteiger partial charge in [0.15, 0.2) is 0 Å². The summed E-state index contributed by atoms with van der Waals surface area (Å²) in [4.78, 5) is 2.41. The number of nitrogens with zero attached hydrogens (tertiary/aromatic N) is 2. The summed E-state index contributed by atoms with van der Waals surface area (Å²) >= 11 is 0. The normalized spacial score (nSPS) is 11.2. The van der Waals surface area contributed by atoms with E-state index in [1.54, 1.807) is 0 Å². The Morgan fingerprint density at radius 2 is 0.732 bits per heavy atom. The van der Waals surface area contributed by atoms with Gasteiger partial charge in [-0.05, 0) is 75.8 Å². The van der Waals surface area contributed by atoms with Crippen LogP contribution in [-0.4, -0.2) is 4.57 Å². The number of para-hydroxylation sites is 3. The highest BCUT2D eigenvalue weighted by atomic mass is 15.1. The van der Waals surface area contributed by atoms with Crippen LogP contribution in [0.25, 0.3) is 72.0 Å². The van der Waals surface area contributed by atoms with Crippen LogP contribution in [-0.2, 0) is 0 Å². The summed E-state index contributed by atoms with van der Waals surface area (Å²) in [5.74, 6) is 0. The third-order valence-electron chi connectivity index (χ3n) is 10.8. The summed E-state index contributed by atoms with van der Waals surface area (Å²) in [7, 11) is 0. The molecule has 0 aliphatic rings. The van der Waals surface area contributed by atoms with Crippen molar-refractivity contribution in [2.45, 2.75) is 0 Å². The molecule has 0 N–H and O–H groups in total. The topological polar surface area (TPSA) is 8.17 Å². The molecule has 0 amide bonds. The van der Waals surface area contributed by atoms with Gasteiger partial charge in [-0.2, -0.15) is 0 Å². The van der Waals surface area contributed by atoms with E-state index < -0.39 is 0 Å². The minimum Gasteiger partial charge on any atom is -0.310 e. The van der Waals surface area contributed by atoms with Gasteiger partial charge in [-0.25, -0.2) is 0 Å². The molecule has 0 atom stereocenters. The molecule has 10 aromatic rings. The fourth-order valence-electron chi connectivity index (χ4n) is 8.13. The Morgan fingerprint density at radius 1 is 0.286 bits per heavy atom. The van der Waals surface area contributed by atoms with Gasteiger partial charge in [-0.15, -0.1) is 0 Å². The fourth-order valence-corrected chi connectivity index (χ4v) is 8.13. The van der Waals surface area contributed by atoms with Crippen LogP contribution in [0, 0.1) is 0 Å². The molecule has 0 unspecified atom stereocenters. The van der Waals surface area contributed by atoms with Crippen molar-refractivity contribution in [1.29, 1.82) is 0 Å². The Kier molecular flexibility index (Phi) is 8.55. The molecule has 1 aromatic heterocycles. The van der Waals surface area contributed by atoms with Crippen molar-refractivity contribution in [2.24, 2.45) is 0 Å². The van der Waals surface area contributed by atoms with Crippen LogP contribution in [0.5, 0.6) is 0 Å². The Bertz CT molecular complexity index is 2930. The molecule has 56 heavy (non-hydrogen) atoms. The molecular weight excluding hydrogens is 677 g/mol. The average molecular weight is 715 g/mol. The zero-order chi connectivity index (χ0) is 37.3. The largest absolute Gasteiger partial charge is 0.310 e. The van der Waals surface area contributed by atoms with Gasteiger partial charge >= 0.3 is 0 Å². The molecule has 9 aromatic carbocycles. The second-order valence-electron chi connectivity index (χ2n) is 14.1. The summed E-state index contributed by atoms with van der Waals surface area (Å²) in [6.45, 7) is 0. The van der Waals surface area contributed by atoms with E-state index in [9.17, 15) is 0 Å². The predicted molar refractivity (Wildman–Crippen MR) is 237 cm³/mol. The molecule has 1 heterocycles. The van der Waals surface area contributed by atoms with Gasteiger partial charge in [0.05, 0.1) is 22.4 Å². The van der Waals surface area contributed by atoms with Gasteiger partial charge in [0.25, 0.3) is 0 Å². The maximum absolute atomic E-state index is 2.44. The quantitative estimate of drug-likeness (QED) is 0.152. The number of hydrogen-bond acceptors (Lipinski definition) is 1. The van der Waals surface area contributed by atoms with E-state index in [0.29, 0.717) is 0 Å². The molecule has 0 radical (unpaired) electrons. The number of aromatic nitrogens is 1. The van der Waals surface area contributed by atoms with Crippen molar-refractivity contribution in [1.82, 2.24) is 4.57 Å². The number of fused-ring (bicyclic) bond motifs is 3. The Hall–Kier alpha value is -7.42. The van der Waals surface area contributed by atoms with Crippen LogP contribution >= 0.6 is 0 Å². The molecule has 0 aliphatic heterocycles. The maximum Gasteiger partial charge on any atom is 0.0562 e. The summed E-state index contributed by atoms with van der Waals surface area (Å²) in [5, 5.41) is 2.45. The van der Waals surface area contributed by atoms with Crippen molar-refractivity contribution in [3.8, 4) is 50.2 Å². The first-order valence-corrected chi connectivity index (χ1v) is 19.2. The molecule has 0 saturated carbocycles. The van der Waals surface area contributed by atoms with Gasteiger partial charge in [-0.3, -0.25) is 0 Å². The molecular formula is C54H38N2. The highest BCUT2D eigenvalue weighted by Crippen LogP contribution is 2.44. The first-order valence-electron chi connectivity index (χ1n) is 19.2. The van der Waals surface area contributed by atoms with Gasteiger partial charge in [-0.1, -0.05) is 188 Å². The number of rotatable bonds is 8. The minimum absolute atomic E-state index is 1.09. The molecule has 264 valence electrons. The lowest BCUT2D eigenvalue weighted by atomic mass is 9.99. The zero-order valence-electron chi connectivity index (χ0n) is 30.8. The summed E-state index contributed by atoms with van der Waals surface area (Å²) in [6, 6.07) is 83.0. The molecule has 10 rings (SSSR count). The average Bonchev–Trinajstić information content (AvgIpc) is 3.61. The number of anilines is 3. The second kappa shape index (κ2) is 14.4. The van der Waals surface area contributed by atoms with Gasteiger partial charge in [0, 0.05) is 33.3 Å². The third kappa shape index (κ3) is 6.04. The smallest absolute Gasteiger partial charge is 0.0562 e. The van der Waals surface area contributed by atoms with Gasteiger partial charge in [0.2, 0.25) is 0 Å². The third-order valence-corrected chi connectivity index (χ3v) is 10.8. The standard InChI is InChI=1S/C54H38N2/c1-4-16-39(17-5-1)40-28-30-41(31-29-40)42-32-34-45(35-33-42)55(51-25-13-10-22-47(51)43-18-6-2-7-19-43)46-36-37-50-49-24-12-15-27-53(49)56(54(50)38-46)52-26-14-11-23-48(52)44-20-8-3-9-21-44/h1-38H. The van der Waals surface area contributed by atoms with Crippen LogP contribution in [0.3, 0.4) is 0 Å². The van der Waals surface area contributed by atoms with Crippen molar-refractivity contribution < 1.29 is 0 Å². The van der Waals surface area contributed by atoms with Crippen LogP contribution in [0.15, 0.2) is 231 Å². The van der Waals surface area contributed by atoms with E-state index in [2.05, 4.69) is 240 Å². The molecule has 0 aliphatic carbocycles. The molecule has 0 spiro atoms. The minimum atomic E-state index is 1.09. The van der Waals surface area contributed by atoms with Crippen LogP contribution in [0.1, 0.15) is 0 Å². The number of hydrogen-bond donors (Lipinski definition) is 0. The molecule has 0 fully saturated rings. The fraction of sp³-hybridized carbons (Fsp3) is 0. The first kappa shape index (κ1) is 33.2. The summed E-state index contributed by atoms with van der Waals surface area (Å²) in [6.07, 6.45) is 0. The molecule has 2 nitrogen and oxygen atoms in total. The van der Waals surface area contributed by atoms with E-state index in [1.165, 1.54) is 60.8 Å². The predicted octanol–water partition coefficient (Wildman–Crippen LogP) is 14.9. The summed E-state index contributed by atoms with van der Waals surface area (Å²) < 4.78 is 2.44. The van der Waals surface area contributed by atoms with Crippen molar-refractivity contribution >= 4 is 38.9 Å². The van der Waals surface area contributed by atoms with Crippen LogP contribution < -0.4 is 4.90 Å². The van der Waals surface area contributed by atoms with Crippen LogP contribution in [0.2, 0.25) is 0 Å². The monoisotopic (exact) mass is 714 g/mol. The Morgan fingerprint density at radius 3 is 1.39 bits per heavy atom. The second-order valence-corrected chi connectivity index (χ2v) is 14.1. The van der Waals surface area contributed by atoms with Crippen molar-refractivity contribution in [3.05, 3.63) is 231 Å². The Balaban J connectivity index is 1.15. The lowest BCUT2D eigenvalue weighted by Gasteiger charge is -2.28. The van der Waals surface area contributed by atoms with E-state index in [1.807, 2.05) is 0 Å². The zero-order valence-corrected chi connectivity index (χ0v) is 30.8. The molecule has 0 bridgehead atoms. The highest BCUT2D eigenvalue weighted by molar-refractivity contribution is 6.11.